The van der Waals surface area contributed by atoms with Crippen molar-refractivity contribution in [1.29, 1.82) is 0 Å². The van der Waals surface area contributed by atoms with E-state index in [2.05, 4.69) is 117 Å². The van der Waals surface area contributed by atoms with Crippen LogP contribution in [0.4, 0.5) is 0 Å². The third kappa shape index (κ3) is 52.2. The topological polar surface area (TPSA) is 172 Å². The van der Waals surface area contributed by atoms with Crippen LogP contribution in [-0.2, 0) is 31.2 Å². The van der Waals surface area contributed by atoms with Gasteiger partial charge in [0.1, 0.15) is 0 Å². The average Bonchev–Trinajstić information content (AvgIpc) is 0.811. The summed E-state index contributed by atoms with van der Waals surface area (Å²) >= 11 is 0. The van der Waals surface area contributed by atoms with E-state index < -0.39 is 0 Å². The SMILES string of the molecule is C.CC.CC.CC.CC.CC.CC.CC.CC.CC.CC.CC.CC.CC.CC.CC.CC.CC(=O)N1CCC(CNC(=O)c2ccccc2)(c2ccccc2)CC1.CC(=O)N1CCC(CNC(=O)c2ccccc2)(c2ccccc2)CC1.CN1CCC(CNC(=O)c2ccccc2)(c2ccccc2)CC1.O=C(NCC1(c2ccccc2)CCNCC1)c1ccccc1. The van der Waals surface area contributed by atoms with Crippen molar-refractivity contribution >= 4 is 35.4 Å². The van der Waals surface area contributed by atoms with Gasteiger partial charge in [-0.15, -0.1) is 0 Å². The minimum Gasteiger partial charge on any atom is -0.351 e. The molecule has 0 atom stereocenters. The van der Waals surface area contributed by atoms with Crippen molar-refractivity contribution in [3.05, 3.63) is 287 Å². The van der Waals surface area contributed by atoms with Gasteiger partial charge in [-0.25, -0.2) is 0 Å². The van der Waals surface area contributed by atoms with Crippen LogP contribution in [0.15, 0.2) is 243 Å². The number of hydrogen-bond acceptors (Lipinski definition) is 8. The molecule has 0 aliphatic carbocycles. The molecule has 0 saturated carbocycles. The number of nitrogens with zero attached hydrogens (tertiary/aromatic N) is 3. The lowest BCUT2D eigenvalue weighted by atomic mass is 9.72. The third-order valence-electron chi connectivity index (χ3n) is 19.9. The molecule has 8 aromatic carbocycles. The van der Waals surface area contributed by atoms with Crippen LogP contribution in [-0.4, -0.2) is 136 Å². The highest BCUT2D eigenvalue weighted by Gasteiger charge is 2.40. The van der Waals surface area contributed by atoms with E-state index in [0.717, 1.165) is 115 Å². The van der Waals surface area contributed by atoms with E-state index in [1.807, 2.05) is 395 Å². The van der Waals surface area contributed by atoms with E-state index in [1.54, 1.807) is 13.8 Å². The van der Waals surface area contributed by atoms with Gasteiger partial charge in [0.05, 0.1) is 0 Å². The maximum Gasteiger partial charge on any atom is 0.251 e. The maximum absolute atomic E-state index is 12.5. The number of hydrogen-bond donors (Lipinski definition) is 5. The molecule has 0 bridgehead atoms. The highest BCUT2D eigenvalue weighted by Crippen LogP contribution is 2.38. The van der Waals surface area contributed by atoms with Crippen molar-refractivity contribution in [2.24, 2.45) is 0 Å². The van der Waals surface area contributed by atoms with E-state index in [0.29, 0.717) is 37.3 Å². The average molecular weight is 1770 g/mol. The minimum atomic E-state index is -0.127. The van der Waals surface area contributed by atoms with Crippen LogP contribution in [0.1, 0.15) is 358 Å². The first-order valence-corrected chi connectivity index (χ1v) is 49.7. The lowest BCUT2D eigenvalue weighted by molar-refractivity contribution is -0.131. The zero-order valence-electron chi connectivity index (χ0n) is 87.5. The number of carbonyl (C=O) groups excluding carboxylic acids is 6. The van der Waals surface area contributed by atoms with Gasteiger partial charge in [0.2, 0.25) is 11.8 Å². The van der Waals surface area contributed by atoms with Gasteiger partial charge in [0.25, 0.3) is 23.6 Å². The van der Waals surface area contributed by atoms with Gasteiger partial charge in [0.15, 0.2) is 0 Å². The Morgan fingerprint density at radius 1 is 0.242 bits per heavy atom. The Bertz CT molecular complexity index is 3530. The van der Waals surface area contributed by atoms with E-state index in [4.69, 9.17) is 0 Å². The standard InChI is InChI=1S/2C21H24N2O2.C20H24N2O.C19H22N2O.16C2H6.CH4/c2*1-17(24)23-14-12-21(13-15-23,19-10-6-3-7-11-19)16-22-20(25)18-8-4-2-5-9-18;1-22-14-12-20(13-15-22,18-10-6-3-7-11-18)16-21-19(23)17-8-4-2-5-9-17;22-18(16-7-3-1-4-8-16)21-15-19(11-13-20-14-12-19)17-9-5-2-6-10-17;16*1-2;/h2*2-11H,12-16H2,1H3,(H,22,25);2-11H,12-16H2,1H3,(H,21,23);1-10,20H,11-15H2,(H,21,22);16*1-2H3;1H4. The number of likely N-dealkylation sites (tertiary alicyclic amines) is 3. The fourth-order valence-corrected chi connectivity index (χ4v) is 13.7. The van der Waals surface area contributed by atoms with Gasteiger partial charge < -0.3 is 41.3 Å². The van der Waals surface area contributed by atoms with Gasteiger partial charge >= 0.3 is 0 Å². The molecule has 4 heterocycles. The molecule has 0 spiro atoms. The molecule has 14 heteroatoms. The molecule has 0 unspecified atom stereocenters. The molecule has 4 saturated heterocycles. The summed E-state index contributed by atoms with van der Waals surface area (Å²) in [5, 5.41) is 15.9. The van der Waals surface area contributed by atoms with Crippen molar-refractivity contribution in [3.8, 4) is 0 Å². The molecule has 128 heavy (non-hydrogen) atoms. The number of rotatable bonds is 16. The zero-order chi connectivity index (χ0) is 98.8. The fraction of sp³-hybridized carbons (Fsp3) is 0.526. The summed E-state index contributed by atoms with van der Waals surface area (Å²) in [5.74, 6) is 0.161. The normalized spacial score (nSPS) is 13.2. The Hall–Kier alpha value is -9.50. The van der Waals surface area contributed by atoms with Crippen molar-refractivity contribution in [3.63, 3.8) is 0 Å². The predicted molar refractivity (Wildman–Crippen MR) is 568 cm³/mol. The van der Waals surface area contributed by atoms with Gasteiger partial charge in [-0.2, -0.15) is 0 Å². The minimum absolute atomic E-state index is 0. The van der Waals surface area contributed by atoms with Crippen LogP contribution in [0.5, 0.6) is 0 Å². The molecule has 4 aliphatic rings. The van der Waals surface area contributed by atoms with Gasteiger partial charge in [-0.1, -0.05) is 423 Å². The molecular weight excluding hydrogens is 1580 g/mol. The van der Waals surface area contributed by atoms with E-state index >= 15 is 0 Å². The van der Waals surface area contributed by atoms with E-state index in [9.17, 15) is 28.8 Å². The Kier molecular flexibility index (Phi) is 99.8. The first-order valence-electron chi connectivity index (χ1n) is 49.7. The molecule has 726 valence electrons. The Balaban J connectivity index is -0.000000190. The quantitative estimate of drug-likeness (QED) is 0.0636. The zero-order valence-corrected chi connectivity index (χ0v) is 87.5. The highest BCUT2D eigenvalue weighted by molar-refractivity contribution is 5.96. The van der Waals surface area contributed by atoms with Gasteiger partial charge in [0, 0.05) is 110 Å². The number of carbonyl (C=O) groups is 6. The second-order valence-electron chi connectivity index (χ2n) is 25.8. The first kappa shape index (κ1) is 136. The monoisotopic (exact) mass is 1770 g/mol. The maximum atomic E-state index is 12.5. The van der Waals surface area contributed by atoms with E-state index in [-0.39, 0.29) is 64.5 Å². The van der Waals surface area contributed by atoms with Gasteiger partial charge in [-0.3, -0.25) is 28.8 Å². The molecule has 4 aliphatic heterocycles. The van der Waals surface area contributed by atoms with Crippen LogP contribution in [0, 0.1) is 0 Å². The lowest BCUT2D eigenvalue weighted by Gasteiger charge is -2.42. The van der Waals surface area contributed by atoms with Crippen molar-refractivity contribution < 1.29 is 28.8 Å². The molecule has 0 aromatic heterocycles. The Morgan fingerprint density at radius 2 is 0.391 bits per heavy atom. The summed E-state index contributed by atoms with van der Waals surface area (Å²) in [5.41, 5.74) is 7.73. The molecular formula is C114H194N8O6. The van der Waals surface area contributed by atoms with Crippen LogP contribution in [0.25, 0.3) is 0 Å². The number of benzene rings is 8. The second-order valence-corrected chi connectivity index (χ2v) is 25.8. The Morgan fingerprint density at radius 3 is 0.555 bits per heavy atom. The molecule has 14 nitrogen and oxygen atoms in total. The summed E-state index contributed by atoms with van der Waals surface area (Å²) in [6, 6.07) is 79.3. The molecule has 6 amide bonds. The number of nitrogens with one attached hydrogen (secondary N) is 5. The first-order chi connectivity index (χ1) is 62.2. The van der Waals surface area contributed by atoms with Crippen molar-refractivity contribution in [2.75, 3.05) is 85.6 Å². The summed E-state index contributed by atoms with van der Waals surface area (Å²) in [7, 11) is 2.16. The van der Waals surface area contributed by atoms with Crippen LogP contribution < -0.4 is 26.6 Å². The van der Waals surface area contributed by atoms with Crippen molar-refractivity contribution in [1.82, 2.24) is 41.3 Å². The fourth-order valence-electron chi connectivity index (χ4n) is 13.7. The lowest BCUT2D eigenvalue weighted by Crippen LogP contribution is -2.50. The van der Waals surface area contributed by atoms with Crippen LogP contribution >= 0.6 is 0 Å². The highest BCUT2D eigenvalue weighted by atomic mass is 16.2. The smallest absolute Gasteiger partial charge is 0.251 e. The summed E-state index contributed by atoms with van der Waals surface area (Å²) < 4.78 is 0. The molecule has 0 radical (unpaired) electrons. The predicted octanol–water partition coefficient (Wildman–Crippen LogP) is 28.9. The van der Waals surface area contributed by atoms with Crippen LogP contribution in [0.3, 0.4) is 0 Å². The summed E-state index contributed by atoms with van der Waals surface area (Å²) in [6.45, 7) is 76.8. The van der Waals surface area contributed by atoms with Crippen LogP contribution in [0.2, 0.25) is 0 Å². The molecule has 5 N–H and O–H groups in total. The number of amides is 6. The summed E-state index contributed by atoms with van der Waals surface area (Å²) in [6.07, 6.45) is 7.65. The molecule has 4 fully saturated rings. The Labute approximate surface area is 789 Å². The largest absolute Gasteiger partial charge is 0.351 e. The summed E-state index contributed by atoms with van der Waals surface area (Å²) in [4.78, 5) is 79.1. The third-order valence-corrected chi connectivity index (χ3v) is 19.9. The molecule has 8 aromatic rings. The van der Waals surface area contributed by atoms with Crippen molar-refractivity contribution in [2.45, 2.75) is 316 Å². The second kappa shape index (κ2) is 93.6. The van der Waals surface area contributed by atoms with E-state index in [1.165, 1.54) is 22.3 Å². The number of piperidine rings is 4. The van der Waals surface area contributed by atoms with Gasteiger partial charge in [-0.05, 0) is 155 Å². The molecule has 12 rings (SSSR count).